The van der Waals surface area contributed by atoms with Crippen molar-refractivity contribution in [1.82, 2.24) is 0 Å². The molecule has 2 rings (SSSR count). The van der Waals surface area contributed by atoms with Gasteiger partial charge in [-0.05, 0) is 32.9 Å². The number of anilines is 1. The van der Waals surface area contributed by atoms with Crippen molar-refractivity contribution in [3.05, 3.63) is 29.3 Å². The summed E-state index contributed by atoms with van der Waals surface area (Å²) in [4.78, 5) is 13.5. The summed E-state index contributed by atoms with van der Waals surface area (Å²) >= 11 is 0. The van der Waals surface area contributed by atoms with Crippen molar-refractivity contribution < 1.29 is 14.6 Å². The maximum absolute atomic E-state index is 11.4. The van der Waals surface area contributed by atoms with Crippen LogP contribution < -0.4 is 4.90 Å². The van der Waals surface area contributed by atoms with Gasteiger partial charge >= 0.3 is 5.97 Å². The van der Waals surface area contributed by atoms with Gasteiger partial charge in [0.25, 0.3) is 0 Å². The first-order valence-corrected chi connectivity index (χ1v) is 6.11. The normalized spacial score (nSPS) is 18.7. The lowest BCUT2D eigenvalue weighted by Gasteiger charge is -2.44. The second-order valence-electron chi connectivity index (χ2n) is 5.34. The zero-order valence-corrected chi connectivity index (χ0v) is 11.1. The number of ether oxygens (including phenoxy) is 1. The fourth-order valence-electron chi connectivity index (χ4n) is 2.36. The van der Waals surface area contributed by atoms with Gasteiger partial charge in [-0.15, -0.1) is 0 Å². The molecule has 0 saturated carbocycles. The number of carbonyl (C=O) groups is 1. The van der Waals surface area contributed by atoms with E-state index in [4.69, 9.17) is 4.74 Å². The maximum Gasteiger partial charge on any atom is 0.337 e. The molecule has 0 aliphatic carbocycles. The molecule has 1 heterocycles. The summed E-state index contributed by atoms with van der Waals surface area (Å²) in [6.07, 6.45) is 0. The molecule has 0 aromatic heterocycles. The Bertz CT molecular complexity index is 468. The molecule has 0 unspecified atom stereocenters. The first-order chi connectivity index (χ1) is 8.42. The number of morpholine rings is 1. The summed E-state index contributed by atoms with van der Waals surface area (Å²) < 4.78 is 5.47. The summed E-state index contributed by atoms with van der Waals surface area (Å²) in [5, 5.41) is 9.33. The average Bonchev–Trinajstić information content (AvgIpc) is 2.29. The maximum atomic E-state index is 11.4. The fraction of sp³-hybridized carbons (Fsp3) is 0.500. The van der Waals surface area contributed by atoms with E-state index in [-0.39, 0.29) is 5.54 Å². The molecule has 1 aromatic rings. The van der Waals surface area contributed by atoms with E-state index in [1.165, 1.54) is 0 Å². The Hall–Kier alpha value is -1.55. The molecule has 98 valence electrons. The van der Waals surface area contributed by atoms with Crippen LogP contribution in [0, 0.1) is 6.92 Å². The molecule has 1 aliphatic rings. The molecule has 1 aromatic carbocycles. The van der Waals surface area contributed by atoms with Crippen LogP contribution in [0.3, 0.4) is 0 Å². The second-order valence-corrected chi connectivity index (χ2v) is 5.34. The topological polar surface area (TPSA) is 49.8 Å². The first-order valence-electron chi connectivity index (χ1n) is 6.11. The number of aromatic carboxylic acids is 1. The number of carboxylic acids is 1. The molecule has 4 heteroatoms. The molecule has 4 nitrogen and oxygen atoms in total. The highest BCUT2D eigenvalue weighted by molar-refractivity contribution is 5.95. The van der Waals surface area contributed by atoms with Gasteiger partial charge in [0, 0.05) is 6.54 Å². The van der Waals surface area contributed by atoms with Gasteiger partial charge in [-0.3, -0.25) is 0 Å². The van der Waals surface area contributed by atoms with Crippen LogP contribution >= 0.6 is 0 Å². The van der Waals surface area contributed by atoms with E-state index in [9.17, 15) is 9.90 Å². The number of aryl methyl sites for hydroxylation is 1. The second kappa shape index (κ2) is 4.61. The molecular weight excluding hydrogens is 230 g/mol. The Labute approximate surface area is 107 Å². The molecule has 0 radical (unpaired) electrons. The van der Waals surface area contributed by atoms with Crippen LogP contribution in [0.15, 0.2) is 18.2 Å². The van der Waals surface area contributed by atoms with Crippen molar-refractivity contribution in [3.63, 3.8) is 0 Å². The van der Waals surface area contributed by atoms with E-state index in [1.807, 2.05) is 19.1 Å². The molecule has 1 N–H and O–H groups in total. The Balaban J connectivity index is 2.46. The number of rotatable bonds is 2. The van der Waals surface area contributed by atoms with E-state index in [1.54, 1.807) is 6.07 Å². The van der Waals surface area contributed by atoms with Gasteiger partial charge in [-0.2, -0.15) is 0 Å². The lowest BCUT2D eigenvalue weighted by Crippen LogP contribution is -2.53. The summed E-state index contributed by atoms with van der Waals surface area (Å²) in [7, 11) is 0. The average molecular weight is 249 g/mol. The molecule has 0 amide bonds. The predicted octanol–water partition coefficient (Wildman–Crippen LogP) is 2.31. The molecule has 0 atom stereocenters. The monoisotopic (exact) mass is 249 g/mol. The quantitative estimate of drug-likeness (QED) is 0.873. The summed E-state index contributed by atoms with van der Waals surface area (Å²) in [6, 6.07) is 5.57. The number of hydrogen-bond acceptors (Lipinski definition) is 3. The number of carboxylic acid groups (broad SMARTS) is 1. The Morgan fingerprint density at radius 2 is 2.17 bits per heavy atom. The standard InChI is InChI=1S/C14H19NO3/c1-10-4-5-12(11(8-10)13(16)17)15-6-7-18-9-14(15,2)3/h4-5,8H,6-7,9H2,1-3H3,(H,16,17). The largest absolute Gasteiger partial charge is 0.478 e. The number of hydrogen-bond donors (Lipinski definition) is 1. The highest BCUT2D eigenvalue weighted by Crippen LogP contribution is 2.30. The van der Waals surface area contributed by atoms with Crippen molar-refractivity contribution in [3.8, 4) is 0 Å². The van der Waals surface area contributed by atoms with Gasteiger partial charge in [0.2, 0.25) is 0 Å². The van der Waals surface area contributed by atoms with Crippen molar-refractivity contribution in [1.29, 1.82) is 0 Å². The minimum Gasteiger partial charge on any atom is -0.478 e. The summed E-state index contributed by atoms with van der Waals surface area (Å²) in [5.74, 6) is -0.879. The van der Waals surface area contributed by atoms with Crippen LogP contribution in [-0.4, -0.2) is 36.4 Å². The van der Waals surface area contributed by atoms with E-state index in [0.717, 1.165) is 17.8 Å². The molecular formula is C14H19NO3. The van der Waals surface area contributed by atoms with Crippen LogP contribution in [0.2, 0.25) is 0 Å². The van der Waals surface area contributed by atoms with E-state index >= 15 is 0 Å². The highest BCUT2D eigenvalue weighted by atomic mass is 16.5. The zero-order valence-electron chi connectivity index (χ0n) is 11.1. The van der Waals surface area contributed by atoms with Crippen LogP contribution in [0.5, 0.6) is 0 Å². The lowest BCUT2D eigenvalue weighted by atomic mass is 9.99. The molecule has 18 heavy (non-hydrogen) atoms. The van der Waals surface area contributed by atoms with Crippen molar-refractivity contribution in [2.75, 3.05) is 24.7 Å². The zero-order chi connectivity index (χ0) is 13.3. The minimum absolute atomic E-state index is 0.183. The Morgan fingerprint density at radius 3 is 2.78 bits per heavy atom. The third-order valence-corrected chi connectivity index (χ3v) is 3.32. The molecule has 0 bridgehead atoms. The van der Waals surface area contributed by atoms with E-state index in [2.05, 4.69) is 18.7 Å². The number of nitrogens with zero attached hydrogens (tertiary/aromatic N) is 1. The smallest absolute Gasteiger partial charge is 0.337 e. The van der Waals surface area contributed by atoms with Crippen LogP contribution in [0.1, 0.15) is 29.8 Å². The fourth-order valence-corrected chi connectivity index (χ4v) is 2.36. The number of benzene rings is 1. The molecule has 1 fully saturated rings. The predicted molar refractivity (Wildman–Crippen MR) is 70.4 cm³/mol. The van der Waals surface area contributed by atoms with Crippen LogP contribution in [-0.2, 0) is 4.74 Å². The Morgan fingerprint density at radius 1 is 1.44 bits per heavy atom. The van der Waals surface area contributed by atoms with Gasteiger partial charge in [0.1, 0.15) is 0 Å². The molecule has 0 spiro atoms. The van der Waals surface area contributed by atoms with Crippen molar-refractivity contribution >= 4 is 11.7 Å². The molecule has 1 saturated heterocycles. The third kappa shape index (κ3) is 2.34. The Kier molecular flexibility index (Phi) is 3.30. The van der Waals surface area contributed by atoms with Gasteiger partial charge in [0.05, 0.1) is 30.0 Å². The van der Waals surface area contributed by atoms with Gasteiger partial charge in [-0.1, -0.05) is 11.6 Å². The van der Waals surface area contributed by atoms with Gasteiger partial charge in [-0.25, -0.2) is 4.79 Å². The summed E-state index contributed by atoms with van der Waals surface area (Å²) in [5.41, 5.74) is 1.92. The highest BCUT2D eigenvalue weighted by Gasteiger charge is 2.32. The van der Waals surface area contributed by atoms with Gasteiger partial charge < -0.3 is 14.7 Å². The van der Waals surface area contributed by atoms with Crippen molar-refractivity contribution in [2.24, 2.45) is 0 Å². The summed E-state index contributed by atoms with van der Waals surface area (Å²) in [6.45, 7) is 8.00. The van der Waals surface area contributed by atoms with Crippen LogP contribution in [0.25, 0.3) is 0 Å². The van der Waals surface area contributed by atoms with Crippen LogP contribution in [0.4, 0.5) is 5.69 Å². The SMILES string of the molecule is Cc1ccc(N2CCOCC2(C)C)c(C(=O)O)c1. The lowest BCUT2D eigenvalue weighted by molar-refractivity contribution is 0.0629. The first kappa shape index (κ1) is 12.9. The van der Waals surface area contributed by atoms with E-state index in [0.29, 0.717) is 18.8 Å². The van der Waals surface area contributed by atoms with Gasteiger partial charge in [0.15, 0.2) is 0 Å². The van der Waals surface area contributed by atoms with E-state index < -0.39 is 5.97 Å². The van der Waals surface area contributed by atoms with Crippen molar-refractivity contribution in [2.45, 2.75) is 26.3 Å². The molecule has 1 aliphatic heterocycles. The minimum atomic E-state index is -0.879. The third-order valence-electron chi connectivity index (χ3n) is 3.32.